The van der Waals surface area contributed by atoms with Crippen LogP contribution in [-0.2, 0) is 14.5 Å². The molecular weight excluding hydrogens is 412 g/mol. The normalized spacial score (nSPS) is 12.7. The van der Waals surface area contributed by atoms with Gasteiger partial charge >= 0.3 is 0 Å². The topological polar surface area (TPSA) is 34.1 Å². The highest BCUT2D eigenvalue weighted by molar-refractivity contribution is 8.13. The van der Waals surface area contributed by atoms with E-state index in [9.17, 15) is 8.42 Å². The van der Waals surface area contributed by atoms with E-state index in [1.807, 2.05) is 12.2 Å². The fraction of sp³-hybridized carbons (Fsp3) is 0.154. The number of hydrogen-bond donors (Lipinski definition) is 0. The van der Waals surface area contributed by atoms with E-state index in [1.54, 1.807) is 12.1 Å². The molecule has 0 aromatic heterocycles. The lowest BCUT2D eigenvalue weighted by molar-refractivity contribution is 0.590. The molecule has 0 atom stereocenters. The summed E-state index contributed by atoms with van der Waals surface area (Å²) < 4.78 is 22.6. The first kappa shape index (κ1) is 22.1. The maximum Gasteiger partial charge on any atom is 0.261 e. The van der Waals surface area contributed by atoms with Crippen LogP contribution in [0.4, 0.5) is 0 Å². The average molecular weight is 437 g/mol. The highest BCUT2D eigenvalue weighted by Crippen LogP contribution is 2.23. The molecule has 0 bridgehead atoms. The summed E-state index contributed by atoms with van der Waals surface area (Å²) in [7, 11) is 1.65. The zero-order valence-electron chi connectivity index (χ0n) is 17.3. The first-order valence-corrected chi connectivity index (χ1v) is 12.0. The van der Waals surface area contributed by atoms with Crippen LogP contribution < -0.4 is 0 Å². The molecular formula is C26H25ClO2S. The number of benzene rings is 3. The monoisotopic (exact) mass is 436 g/mol. The minimum atomic E-state index is -3.68. The molecule has 30 heavy (non-hydrogen) atoms. The van der Waals surface area contributed by atoms with E-state index in [0.717, 1.165) is 16.7 Å². The second-order valence-corrected chi connectivity index (χ2v) is 10.8. The minimum absolute atomic E-state index is 0.102. The van der Waals surface area contributed by atoms with Gasteiger partial charge in [-0.1, -0.05) is 106 Å². The lowest BCUT2D eigenvalue weighted by Crippen LogP contribution is -2.10. The first-order valence-electron chi connectivity index (χ1n) is 9.73. The van der Waals surface area contributed by atoms with Gasteiger partial charge in [-0.15, -0.1) is 0 Å². The molecule has 0 saturated carbocycles. The number of rotatable bonds is 5. The van der Waals surface area contributed by atoms with Gasteiger partial charge in [0.15, 0.2) is 0 Å². The van der Waals surface area contributed by atoms with E-state index in [0.29, 0.717) is 0 Å². The van der Waals surface area contributed by atoms with Crippen LogP contribution in [0.5, 0.6) is 0 Å². The third-order valence-corrected chi connectivity index (χ3v) is 6.18. The average Bonchev–Trinajstić information content (AvgIpc) is 2.71. The Bertz CT molecular complexity index is 1150. The maximum absolute atomic E-state index is 11.3. The molecule has 0 fully saturated rings. The van der Waals surface area contributed by atoms with E-state index in [1.165, 1.54) is 23.3 Å². The van der Waals surface area contributed by atoms with Gasteiger partial charge in [0.05, 0.1) is 4.90 Å². The van der Waals surface area contributed by atoms with Crippen molar-refractivity contribution in [3.63, 3.8) is 0 Å². The van der Waals surface area contributed by atoms with Gasteiger partial charge in [-0.3, -0.25) is 0 Å². The quantitative estimate of drug-likeness (QED) is 0.311. The lowest BCUT2D eigenvalue weighted by Gasteiger charge is -2.18. The van der Waals surface area contributed by atoms with Crippen molar-refractivity contribution in [2.75, 3.05) is 0 Å². The lowest BCUT2D eigenvalue weighted by atomic mass is 9.87. The van der Waals surface area contributed by atoms with Gasteiger partial charge in [-0.25, -0.2) is 8.42 Å². The van der Waals surface area contributed by atoms with Gasteiger partial charge in [0, 0.05) is 10.7 Å². The van der Waals surface area contributed by atoms with E-state index in [2.05, 4.69) is 81.5 Å². The predicted molar refractivity (Wildman–Crippen MR) is 129 cm³/mol. The minimum Gasteiger partial charge on any atom is -0.207 e. The Morgan fingerprint density at radius 2 is 0.900 bits per heavy atom. The van der Waals surface area contributed by atoms with E-state index in [4.69, 9.17) is 10.7 Å². The molecule has 0 spiro atoms. The molecule has 4 heteroatoms. The van der Waals surface area contributed by atoms with Crippen LogP contribution in [0.3, 0.4) is 0 Å². The van der Waals surface area contributed by atoms with Crippen molar-refractivity contribution in [2.24, 2.45) is 0 Å². The third kappa shape index (κ3) is 6.19. The molecule has 0 heterocycles. The molecule has 3 aromatic rings. The van der Waals surface area contributed by atoms with Crippen LogP contribution in [0.1, 0.15) is 48.6 Å². The van der Waals surface area contributed by atoms with Crippen molar-refractivity contribution < 1.29 is 8.42 Å². The second-order valence-electron chi connectivity index (χ2n) is 8.21. The summed E-state index contributed by atoms with van der Waals surface area (Å²) in [5, 5.41) is 0. The van der Waals surface area contributed by atoms with Gasteiger partial charge in [-0.2, -0.15) is 0 Å². The Kier molecular flexibility index (Phi) is 6.64. The smallest absolute Gasteiger partial charge is 0.207 e. The summed E-state index contributed by atoms with van der Waals surface area (Å²) in [6, 6.07) is 23.4. The zero-order chi connectivity index (χ0) is 21.8. The Hall–Kier alpha value is -2.62. The largest absolute Gasteiger partial charge is 0.261 e. The van der Waals surface area contributed by atoms with E-state index in [-0.39, 0.29) is 10.3 Å². The second kappa shape index (κ2) is 9.03. The zero-order valence-corrected chi connectivity index (χ0v) is 18.9. The van der Waals surface area contributed by atoms with Gasteiger partial charge < -0.3 is 0 Å². The van der Waals surface area contributed by atoms with E-state index < -0.39 is 9.05 Å². The van der Waals surface area contributed by atoms with Crippen molar-refractivity contribution in [2.45, 2.75) is 31.1 Å². The number of hydrogen-bond acceptors (Lipinski definition) is 2. The van der Waals surface area contributed by atoms with Crippen molar-refractivity contribution >= 4 is 44.0 Å². The highest BCUT2D eigenvalue weighted by atomic mass is 35.7. The van der Waals surface area contributed by atoms with Gasteiger partial charge in [0.2, 0.25) is 0 Å². The molecule has 0 aliphatic heterocycles. The van der Waals surface area contributed by atoms with Crippen LogP contribution in [0.2, 0.25) is 0 Å². The SMILES string of the molecule is CC(C)(C)c1ccc(/C=C/c2ccc(/C=C/c3ccc(S(=O)(=O)Cl)cc3)cc2)cc1. The van der Waals surface area contributed by atoms with Crippen molar-refractivity contribution in [1.82, 2.24) is 0 Å². The summed E-state index contributed by atoms with van der Waals surface area (Å²) in [5.41, 5.74) is 5.76. The standard InChI is InChI=1S/C26H25ClO2S/c1-26(2,3)24-16-12-22(13-17-24)10-8-20-4-6-21(7-5-20)9-11-23-14-18-25(19-15-23)30(27,28)29/h4-19H,1-3H3/b10-8+,11-9+. The summed E-state index contributed by atoms with van der Waals surface area (Å²) in [6.07, 6.45) is 8.14. The molecule has 0 aliphatic carbocycles. The molecule has 0 amide bonds. The van der Waals surface area contributed by atoms with Crippen LogP contribution >= 0.6 is 10.7 Å². The summed E-state index contributed by atoms with van der Waals surface area (Å²) in [6.45, 7) is 6.65. The molecule has 154 valence electrons. The van der Waals surface area contributed by atoms with Crippen LogP contribution in [0, 0.1) is 0 Å². The summed E-state index contributed by atoms with van der Waals surface area (Å²) >= 11 is 0. The van der Waals surface area contributed by atoms with Crippen LogP contribution in [-0.4, -0.2) is 8.42 Å². The Balaban J connectivity index is 1.64. The van der Waals surface area contributed by atoms with Crippen molar-refractivity contribution in [3.05, 3.63) is 101 Å². The molecule has 2 nitrogen and oxygen atoms in total. The Morgan fingerprint density at radius 3 is 1.20 bits per heavy atom. The Morgan fingerprint density at radius 1 is 0.600 bits per heavy atom. The maximum atomic E-state index is 11.3. The molecule has 3 rings (SSSR count). The fourth-order valence-electron chi connectivity index (χ4n) is 2.94. The van der Waals surface area contributed by atoms with Gasteiger partial charge in [0.1, 0.15) is 0 Å². The van der Waals surface area contributed by atoms with Crippen molar-refractivity contribution in [3.8, 4) is 0 Å². The molecule has 0 radical (unpaired) electrons. The van der Waals surface area contributed by atoms with E-state index >= 15 is 0 Å². The first-order chi connectivity index (χ1) is 14.1. The van der Waals surface area contributed by atoms with Gasteiger partial charge in [-0.05, 0) is 45.4 Å². The summed E-state index contributed by atoms with van der Waals surface area (Å²) in [4.78, 5) is 0.102. The molecule has 0 unspecified atom stereocenters. The Labute approximate surface area is 184 Å². The predicted octanol–water partition coefficient (Wildman–Crippen LogP) is 7.25. The third-order valence-electron chi connectivity index (χ3n) is 4.81. The molecule has 0 N–H and O–H groups in total. The molecule has 0 saturated heterocycles. The van der Waals surface area contributed by atoms with Gasteiger partial charge in [0.25, 0.3) is 9.05 Å². The summed E-state index contributed by atoms with van der Waals surface area (Å²) in [5.74, 6) is 0. The van der Waals surface area contributed by atoms with Crippen LogP contribution in [0.15, 0.2) is 77.7 Å². The van der Waals surface area contributed by atoms with Crippen LogP contribution in [0.25, 0.3) is 24.3 Å². The fourth-order valence-corrected chi connectivity index (χ4v) is 3.71. The van der Waals surface area contributed by atoms with Crippen molar-refractivity contribution in [1.29, 1.82) is 0 Å². The highest BCUT2D eigenvalue weighted by Gasteiger charge is 2.12. The molecule has 3 aromatic carbocycles. The molecule has 0 aliphatic rings. The number of halogens is 1.